The summed E-state index contributed by atoms with van der Waals surface area (Å²) in [7, 11) is 0. The maximum absolute atomic E-state index is 6.54. The van der Waals surface area contributed by atoms with Crippen molar-refractivity contribution >= 4 is 27.3 Å². The minimum atomic E-state index is 0.146. The van der Waals surface area contributed by atoms with Gasteiger partial charge in [-0.1, -0.05) is 13.3 Å². The maximum Gasteiger partial charge on any atom is 0.231 e. The number of hydrogen-bond acceptors (Lipinski definition) is 4. The number of hydrogen-bond donors (Lipinski definition) is 1. The number of halogens is 1. The van der Waals surface area contributed by atoms with Crippen LogP contribution in [-0.4, -0.2) is 12.8 Å². The van der Waals surface area contributed by atoms with Crippen LogP contribution < -0.4 is 15.2 Å². The smallest absolute Gasteiger partial charge is 0.231 e. The van der Waals surface area contributed by atoms with Gasteiger partial charge in [-0.25, -0.2) is 0 Å². The molecule has 4 rings (SSSR count). The Morgan fingerprint density at radius 1 is 1.30 bits per heavy atom. The summed E-state index contributed by atoms with van der Waals surface area (Å²) in [5.74, 6) is 1.96. The van der Waals surface area contributed by atoms with Crippen molar-refractivity contribution in [2.45, 2.75) is 44.6 Å². The molecular weight excluding hydrogens is 374 g/mol. The fraction of sp³-hybridized carbons (Fsp3) is 0.444. The molecule has 0 spiro atoms. The summed E-state index contributed by atoms with van der Waals surface area (Å²) < 4.78 is 12.4. The van der Waals surface area contributed by atoms with Gasteiger partial charge in [-0.15, -0.1) is 11.3 Å². The third-order valence-corrected chi connectivity index (χ3v) is 7.09. The van der Waals surface area contributed by atoms with E-state index in [9.17, 15) is 0 Å². The van der Waals surface area contributed by atoms with E-state index in [4.69, 9.17) is 15.2 Å². The number of rotatable bonds is 3. The topological polar surface area (TPSA) is 44.5 Å². The van der Waals surface area contributed by atoms with Crippen LogP contribution in [0.5, 0.6) is 11.5 Å². The molecule has 3 nitrogen and oxygen atoms in total. The Bertz CT molecular complexity index is 743. The summed E-state index contributed by atoms with van der Waals surface area (Å²) >= 11 is 5.65. The number of benzene rings is 1. The second kappa shape index (κ2) is 6.11. The molecule has 0 radical (unpaired) electrons. The molecule has 0 fully saturated rings. The molecule has 2 aromatic rings. The highest BCUT2D eigenvalue weighted by Gasteiger charge is 2.33. The SMILES string of the molecule is CCCc1csc(C2c3cc4c(cc3CCC2N)OCO4)c1Br. The van der Waals surface area contributed by atoms with E-state index in [1.807, 2.05) is 11.3 Å². The van der Waals surface area contributed by atoms with E-state index in [-0.39, 0.29) is 12.0 Å². The lowest BCUT2D eigenvalue weighted by molar-refractivity contribution is 0.174. The maximum atomic E-state index is 6.54. The summed E-state index contributed by atoms with van der Waals surface area (Å²) in [6.07, 6.45) is 4.27. The van der Waals surface area contributed by atoms with Crippen molar-refractivity contribution in [1.29, 1.82) is 0 Å². The first kappa shape index (κ1) is 15.5. The number of ether oxygens (including phenoxy) is 2. The monoisotopic (exact) mass is 393 g/mol. The molecule has 1 aliphatic carbocycles. The van der Waals surface area contributed by atoms with Crippen LogP contribution in [0, 0.1) is 0 Å². The normalized spacial score (nSPS) is 22.2. The van der Waals surface area contributed by atoms with Crippen molar-refractivity contribution in [2.75, 3.05) is 6.79 Å². The first-order chi connectivity index (χ1) is 11.2. The van der Waals surface area contributed by atoms with E-state index in [1.165, 1.54) is 26.0 Å². The fourth-order valence-electron chi connectivity index (χ4n) is 3.61. The first-order valence-corrected chi connectivity index (χ1v) is 9.80. The Hall–Kier alpha value is -1.04. The molecule has 5 heteroatoms. The van der Waals surface area contributed by atoms with Gasteiger partial charge in [-0.2, -0.15) is 0 Å². The number of aryl methyl sites for hydroxylation is 2. The molecule has 0 saturated carbocycles. The third-order valence-electron chi connectivity index (χ3n) is 4.77. The van der Waals surface area contributed by atoms with Crippen molar-refractivity contribution in [1.82, 2.24) is 0 Å². The summed E-state index contributed by atoms with van der Waals surface area (Å²) in [6.45, 7) is 2.53. The predicted octanol–water partition coefficient (Wildman–Crippen LogP) is 4.60. The van der Waals surface area contributed by atoms with Gasteiger partial charge < -0.3 is 15.2 Å². The van der Waals surface area contributed by atoms with Crippen LogP contribution in [-0.2, 0) is 12.8 Å². The summed E-state index contributed by atoms with van der Waals surface area (Å²) in [5.41, 5.74) is 10.6. The molecule has 2 unspecified atom stereocenters. The van der Waals surface area contributed by atoms with Crippen LogP contribution in [0.2, 0.25) is 0 Å². The Labute approximate surface area is 148 Å². The van der Waals surface area contributed by atoms with Crippen molar-refractivity contribution in [2.24, 2.45) is 5.73 Å². The van der Waals surface area contributed by atoms with Crippen LogP contribution >= 0.6 is 27.3 Å². The summed E-state index contributed by atoms with van der Waals surface area (Å²) in [4.78, 5) is 1.35. The average molecular weight is 394 g/mol. The Morgan fingerprint density at radius 3 is 2.87 bits per heavy atom. The van der Waals surface area contributed by atoms with Crippen molar-refractivity contribution < 1.29 is 9.47 Å². The first-order valence-electron chi connectivity index (χ1n) is 8.12. The van der Waals surface area contributed by atoms with Gasteiger partial charge >= 0.3 is 0 Å². The van der Waals surface area contributed by atoms with Crippen LogP contribution in [0.4, 0.5) is 0 Å². The predicted molar refractivity (Wildman–Crippen MR) is 96.7 cm³/mol. The van der Waals surface area contributed by atoms with Crippen LogP contribution in [0.15, 0.2) is 22.0 Å². The summed E-state index contributed by atoms with van der Waals surface area (Å²) in [6, 6.07) is 4.44. The zero-order valence-corrected chi connectivity index (χ0v) is 15.5. The van der Waals surface area contributed by atoms with Gasteiger partial charge in [0, 0.05) is 21.3 Å². The third kappa shape index (κ3) is 2.59. The highest BCUT2D eigenvalue weighted by molar-refractivity contribution is 9.10. The molecule has 2 N–H and O–H groups in total. The van der Waals surface area contributed by atoms with Gasteiger partial charge in [0.15, 0.2) is 11.5 Å². The molecule has 0 amide bonds. The number of thiophene rings is 1. The molecule has 122 valence electrons. The Morgan fingerprint density at radius 2 is 2.09 bits per heavy atom. The average Bonchev–Trinajstić information content (AvgIpc) is 3.13. The Kier molecular flexibility index (Phi) is 4.12. The van der Waals surface area contributed by atoms with E-state index in [2.05, 4.69) is 40.4 Å². The zero-order chi connectivity index (χ0) is 16.0. The quantitative estimate of drug-likeness (QED) is 0.828. The van der Waals surface area contributed by atoms with Crippen LogP contribution in [0.25, 0.3) is 0 Å². The lowest BCUT2D eigenvalue weighted by atomic mass is 9.78. The largest absolute Gasteiger partial charge is 0.454 e. The van der Waals surface area contributed by atoms with Crippen LogP contribution in [0.3, 0.4) is 0 Å². The van der Waals surface area contributed by atoms with Crippen molar-refractivity contribution in [3.8, 4) is 11.5 Å². The molecule has 2 aliphatic rings. The van der Waals surface area contributed by atoms with E-state index >= 15 is 0 Å². The molecule has 23 heavy (non-hydrogen) atoms. The minimum Gasteiger partial charge on any atom is -0.454 e. The second-order valence-corrected chi connectivity index (χ2v) is 7.98. The van der Waals surface area contributed by atoms with Gasteiger partial charge in [-0.05, 0) is 69.4 Å². The minimum absolute atomic E-state index is 0.146. The van der Waals surface area contributed by atoms with Gasteiger partial charge in [0.1, 0.15) is 0 Å². The fourth-order valence-corrected chi connectivity index (χ4v) is 5.78. The van der Waals surface area contributed by atoms with E-state index in [0.29, 0.717) is 6.79 Å². The highest BCUT2D eigenvalue weighted by Crippen LogP contribution is 2.47. The molecule has 2 atom stereocenters. The van der Waals surface area contributed by atoms with E-state index < -0.39 is 0 Å². The number of nitrogens with two attached hydrogens (primary N) is 1. The molecule has 0 saturated heterocycles. The number of fused-ring (bicyclic) bond motifs is 2. The molecule has 1 aliphatic heterocycles. The highest BCUT2D eigenvalue weighted by atomic mass is 79.9. The van der Waals surface area contributed by atoms with Crippen LogP contribution in [0.1, 0.15) is 47.3 Å². The van der Waals surface area contributed by atoms with Crippen molar-refractivity contribution in [3.63, 3.8) is 0 Å². The van der Waals surface area contributed by atoms with Gasteiger partial charge in [0.05, 0.1) is 0 Å². The van der Waals surface area contributed by atoms with E-state index in [1.54, 1.807) is 0 Å². The standard InChI is InChI=1S/C18H20BrNO2S/c1-2-3-11-8-23-18(17(11)19)16-12-7-15-14(21-9-22-15)6-10(12)4-5-13(16)20/h6-8,13,16H,2-5,9,20H2,1H3. The molecule has 2 heterocycles. The molecular formula is C18H20BrNO2S. The summed E-state index contributed by atoms with van der Waals surface area (Å²) in [5, 5.41) is 2.27. The van der Waals surface area contributed by atoms with E-state index in [0.717, 1.165) is 37.2 Å². The van der Waals surface area contributed by atoms with Gasteiger partial charge in [0.2, 0.25) is 6.79 Å². The second-order valence-electron chi connectivity index (χ2n) is 6.27. The zero-order valence-electron chi connectivity index (χ0n) is 13.1. The molecule has 0 bridgehead atoms. The lowest BCUT2D eigenvalue weighted by Gasteiger charge is -2.31. The molecule has 1 aromatic heterocycles. The van der Waals surface area contributed by atoms with Crippen molar-refractivity contribution in [3.05, 3.63) is 43.6 Å². The van der Waals surface area contributed by atoms with Gasteiger partial charge in [0.25, 0.3) is 0 Å². The molecule has 1 aromatic carbocycles. The lowest BCUT2D eigenvalue weighted by Crippen LogP contribution is -2.33. The Balaban J connectivity index is 1.80. The van der Waals surface area contributed by atoms with Gasteiger partial charge in [-0.3, -0.25) is 0 Å².